The molecule has 0 aliphatic heterocycles. The molecule has 7 nitrogen and oxygen atoms in total. The van der Waals surface area contributed by atoms with Gasteiger partial charge in [-0.15, -0.1) is 11.3 Å². The minimum absolute atomic E-state index is 0.00277. The number of fused-ring (bicyclic) bond motifs is 1. The van der Waals surface area contributed by atoms with Gasteiger partial charge in [-0.3, -0.25) is 19.3 Å². The molecule has 3 rings (SSSR count). The smallest absolute Gasteiger partial charge is 0.312 e. The topological polar surface area (TPSA) is 87.7 Å². The molecule has 45 heavy (non-hydrogen) atoms. The summed E-state index contributed by atoms with van der Waals surface area (Å²) in [6.07, 6.45) is 16.1. The molecule has 2 aromatic rings. The van der Waals surface area contributed by atoms with Crippen molar-refractivity contribution in [1.82, 2.24) is 15.5 Å². The zero-order valence-corrected chi connectivity index (χ0v) is 28.7. The summed E-state index contributed by atoms with van der Waals surface area (Å²) < 4.78 is 5.80. The van der Waals surface area contributed by atoms with Crippen LogP contribution in [-0.4, -0.2) is 54.9 Å². The number of carbonyl (C=O) groups is 3. The second kappa shape index (κ2) is 21.9. The van der Waals surface area contributed by atoms with Crippen molar-refractivity contribution in [2.75, 3.05) is 26.2 Å². The third-order valence-electron chi connectivity index (χ3n) is 8.67. The molecule has 0 fully saturated rings. The van der Waals surface area contributed by atoms with Crippen LogP contribution in [0.3, 0.4) is 0 Å². The van der Waals surface area contributed by atoms with Crippen LogP contribution in [0.15, 0.2) is 35.7 Å². The molecule has 1 aliphatic rings. The summed E-state index contributed by atoms with van der Waals surface area (Å²) in [5.74, 6) is 0.560. The van der Waals surface area contributed by atoms with E-state index < -0.39 is 0 Å². The lowest BCUT2D eigenvalue weighted by molar-refractivity contribution is -0.134. The molecule has 2 N–H and O–H groups in total. The Morgan fingerprint density at radius 2 is 1.51 bits per heavy atom. The lowest BCUT2D eigenvalue weighted by Gasteiger charge is -2.35. The average molecular weight is 640 g/mol. The fraction of sp³-hybridized carbons (Fsp3) is 0.649. The van der Waals surface area contributed by atoms with Crippen molar-refractivity contribution in [1.29, 1.82) is 0 Å². The largest absolute Gasteiger partial charge is 0.426 e. The monoisotopic (exact) mass is 639 g/mol. The highest BCUT2D eigenvalue weighted by Crippen LogP contribution is 2.32. The van der Waals surface area contributed by atoms with Crippen LogP contribution in [0.4, 0.5) is 0 Å². The molecular formula is C37H57N3O4S. The number of nitrogens with zero attached hydrogens (tertiary/aromatic N) is 1. The van der Waals surface area contributed by atoms with Gasteiger partial charge in [-0.1, -0.05) is 70.6 Å². The second-order valence-electron chi connectivity index (χ2n) is 12.4. The van der Waals surface area contributed by atoms with E-state index in [4.69, 9.17) is 4.74 Å². The molecule has 2 amide bonds. The number of ether oxygens (including phenoxy) is 1. The number of hydrogen-bond donors (Lipinski definition) is 2. The minimum Gasteiger partial charge on any atom is -0.426 e. The summed E-state index contributed by atoms with van der Waals surface area (Å²) in [4.78, 5) is 40.6. The molecule has 0 saturated heterocycles. The van der Waals surface area contributed by atoms with E-state index in [1.807, 2.05) is 23.5 Å². The quantitative estimate of drug-likeness (QED) is 0.0752. The second-order valence-corrected chi connectivity index (χ2v) is 13.4. The predicted octanol–water partition coefficient (Wildman–Crippen LogP) is 7.40. The summed E-state index contributed by atoms with van der Waals surface area (Å²) in [6.45, 7) is 7.58. The number of carbonyl (C=O) groups excluding carboxylic acids is 3. The number of amides is 2. The number of nitrogens with one attached hydrogen (secondary N) is 2. The first-order valence-corrected chi connectivity index (χ1v) is 18.5. The van der Waals surface area contributed by atoms with E-state index >= 15 is 0 Å². The summed E-state index contributed by atoms with van der Waals surface area (Å²) in [7, 11) is 0. The van der Waals surface area contributed by atoms with Gasteiger partial charge in [0.25, 0.3) is 0 Å². The maximum absolute atomic E-state index is 12.6. The van der Waals surface area contributed by atoms with Crippen molar-refractivity contribution < 1.29 is 19.1 Å². The Morgan fingerprint density at radius 1 is 0.822 bits per heavy atom. The first kappa shape index (κ1) is 36.8. The predicted molar refractivity (Wildman–Crippen MR) is 185 cm³/mol. The average Bonchev–Trinajstić information content (AvgIpc) is 3.56. The van der Waals surface area contributed by atoms with Crippen LogP contribution < -0.4 is 15.4 Å². The van der Waals surface area contributed by atoms with Crippen molar-refractivity contribution in [2.24, 2.45) is 0 Å². The Morgan fingerprint density at radius 3 is 2.16 bits per heavy atom. The van der Waals surface area contributed by atoms with Gasteiger partial charge in [0.2, 0.25) is 11.8 Å². The highest BCUT2D eigenvalue weighted by molar-refractivity contribution is 7.09. The zero-order chi connectivity index (χ0) is 32.1. The summed E-state index contributed by atoms with van der Waals surface area (Å²) in [5, 5.41) is 7.96. The van der Waals surface area contributed by atoms with Gasteiger partial charge in [0.15, 0.2) is 0 Å². The lowest BCUT2D eigenvalue weighted by atomic mass is 9.86. The first-order valence-electron chi connectivity index (χ1n) is 17.6. The molecule has 1 heterocycles. The van der Waals surface area contributed by atoms with Crippen molar-refractivity contribution in [3.05, 3.63) is 51.7 Å². The van der Waals surface area contributed by atoms with Crippen molar-refractivity contribution in [3.63, 3.8) is 0 Å². The maximum Gasteiger partial charge on any atom is 0.312 e. The van der Waals surface area contributed by atoms with Gasteiger partial charge in [-0.25, -0.2) is 0 Å². The SMILES string of the molecule is CCCNC(=O)CCCCCCCCCCC(=O)NCCC(=O)Oc1cccc2c1CC[C@@H](N(CCC)CCc1cccs1)C2. The fourth-order valence-corrected chi connectivity index (χ4v) is 6.88. The van der Waals surface area contributed by atoms with Crippen molar-refractivity contribution in [2.45, 2.75) is 129 Å². The van der Waals surface area contributed by atoms with Gasteiger partial charge >= 0.3 is 5.97 Å². The zero-order valence-electron chi connectivity index (χ0n) is 27.9. The minimum atomic E-state index is -0.295. The van der Waals surface area contributed by atoms with Gasteiger partial charge in [0, 0.05) is 43.4 Å². The van der Waals surface area contributed by atoms with Crippen molar-refractivity contribution in [3.8, 4) is 5.75 Å². The third kappa shape index (κ3) is 14.5. The summed E-state index contributed by atoms with van der Waals surface area (Å²) in [5.41, 5.74) is 2.45. The van der Waals surface area contributed by atoms with E-state index in [0.29, 0.717) is 31.2 Å². The molecule has 1 aromatic carbocycles. The fourth-order valence-electron chi connectivity index (χ4n) is 6.18. The van der Waals surface area contributed by atoms with Crippen LogP contribution >= 0.6 is 11.3 Å². The molecule has 0 radical (unpaired) electrons. The molecule has 0 unspecified atom stereocenters. The Hall–Kier alpha value is -2.71. The Bertz CT molecular complexity index is 1140. The van der Waals surface area contributed by atoms with Crippen LogP contribution in [0.25, 0.3) is 0 Å². The normalized spacial score (nSPS) is 14.2. The van der Waals surface area contributed by atoms with Gasteiger partial charge in [0.1, 0.15) is 5.75 Å². The number of hydrogen-bond acceptors (Lipinski definition) is 6. The molecule has 1 atom stereocenters. The van der Waals surface area contributed by atoms with E-state index in [0.717, 1.165) is 102 Å². The lowest BCUT2D eigenvalue weighted by Crippen LogP contribution is -2.41. The third-order valence-corrected chi connectivity index (χ3v) is 9.61. The number of thiophene rings is 1. The Labute approximate surface area is 275 Å². The van der Waals surface area contributed by atoms with E-state index in [2.05, 4.69) is 53.0 Å². The van der Waals surface area contributed by atoms with Crippen LogP contribution in [0, 0.1) is 0 Å². The van der Waals surface area contributed by atoms with Gasteiger partial charge in [0.05, 0.1) is 6.42 Å². The Kier molecular flexibility index (Phi) is 17.9. The molecule has 0 spiro atoms. The van der Waals surface area contributed by atoms with E-state index in [-0.39, 0.29) is 24.2 Å². The first-order chi connectivity index (χ1) is 22.0. The number of benzene rings is 1. The van der Waals surface area contributed by atoms with Gasteiger partial charge < -0.3 is 15.4 Å². The molecule has 0 bridgehead atoms. The Balaban J connectivity index is 1.26. The van der Waals surface area contributed by atoms with Crippen molar-refractivity contribution >= 4 is 29.1 Å². The van der Waals surface area contributed by atoms with Gasteiger partial charge in [-0.05, 0) is 86.6 Å². The standard InChI is InChI=1S/C37H57N3O4S/c1-3-24-38-35(41)18-11-9-7-5-6-8-10-12-19-36(42)39-25-22-37(43)44-34-17-13-15-30-29-31(20-21-33(30)34)40(26-4-2)27-23-32-16-14-28-45-32/h13-17,28,31H,3-12,18-27,29H2,1-2H3,(H,38,41)(H,39,42)/t31-/m1/s1. The number of esters is 1. The van der Waals surface area contributed by atoms with E-state index in [9.17, 15) is 14.4 Å². The molecule has 250 valence electrons. The highest BCUT2D eigenvalue weighted by Gasteiger charge is 2.26. The van der Waals surface area contributed by atoms with Crippen LogP contribution in [0.5, 0.6) is 5.75 Å². The van der Waals surface area contributed by atoms with Crippen LogP contribution in [-0.2, 0) is 33.6 Å². The summed E-state index contributed by atoms with van der Waals surface area (Å²) in [6, 6.07) is 11.0. The number of rotatable bonds is 23. The molecule has 1 aromatic heterocycles. The van der Waals surface area contributed by atoms with E-state index in [1.54, 1.807) is 0 Å². The highest BCUT2D eigenvalue weighted by atomic mass is 32.1. The van der Waals surface area contributed by atoms with Gasteiger partial charge in [-0.2, -0.15) is 0 Å². The van der Waals surface area contributed by atoms with Crippen LogP contribution in [0.1, 0.15) is 120 Å². The number of unbranched alkanes of at least 4 members (excludes halogenated alkanes) is 7. The summed E-state index contributed by atoms with van der Waals surface area (Å²) >= 11 is 1.84. The van der Waals surface area contributed by atoms with E-state index in [1.165, 1.54) is 23.3 Å². The molecule has 8 heteroatoms. The maximum atomic E-state index is 12.6. The molecule has 0 saturated carbocycles. The molecular weight excluding hydrogens is 582 g/mol. The molecule has 1 aliphatic carbocycles. The van der Waals surface area contributed by atoms with Crippen LogP contribution in [0.2, 0.25) is 0 Å².